The molecule has 0 radical (unpaired) electrons. The van der Waals surface area contributed by atoms with E-state index >= 15 is 0 Å². The van der Waals surface area contributed by atoms with Crippen LogP contribution in [-0.4, -0.2) is 19.5 Å². The Labute approximate surface area is 67.8 Å². The third kappa shape index (κ3) is 3.25. The highest BCUT2D eigenvalue weighted by Crippen LogP contribution is 1.96. The molecule has 1 aromatic rings. The Hall–Kier alpha value is -0.740. The quantitative estimate of drug-likeness (QED) is 0.621. The van der Waals surface area contributed by atoms with Crippen molar-refractivity contribution in [2.45, 2.75) is 6.42 Å². The Balaban J connectivity index is 2.45. The lowest BCUT2D eigenvalue weighted by Gasteiger charge is -2.03. The molecule has 0 bridgehead atoms. The number of pyridine rings is 1. The van der Waals surface area contributed by atoms with Gasteiger partial charge in [-0.05, 0) is 18.1 Å². The maximum Gasteiger partial charge on any atom is 0.0300 e. The molecule has 1 aromatic heterocycles. The number of aromatic nitrogens is 1. The van der Waals surface area contributed by atoms with E-state index in [1.165, 1.54) is 0 Å². The van der Waals surface area contributed by atoms with Crippen LogP contribution < -0.4 is 0 Å². The van der Waals surface area contributed by atoms with Crippen LogP contribution in [0.1, 0.15) is 5.56 Å². The standard InChI is InChI=1S/C7H9NO2S/c9-11(10)5-3-7-2-1-4-8-6-7/h1-2,4,6H,3,5H2,(H,9,10)/p-1. The Bertz CT molecular complexity index is 237. The highest BCUT2D eigenvalue weighted by Gasteiger charge is 1.90. The zero-order valence-corrected chi connectivity index (χ0v) is 6.71. The lowest BCUT2D eigenvalue weighted by atomic mass is 10.2. The lowest BCUT2D eigenvalue weighted by molar-refractivity contribution is 0.536. The topological polar surface area (TPSA) is 53.0 Å². The first kappa shape index (κ1) is 8.36. The van der Waals surface area contributed by atoms with Gasteiger partial charge in [0.15, 0.2) is 0 Å². The van der Waals surface area contributed by atoms with Gasteiger partial charge >= 0.3 is 0 Å². The first-order valence-electron chi connectivity index (χ1n) is 3.24. The molecule has 0 saturated heterocycles. The average molecular weight is 170 g/mol. The Morgan fingerprint density at radius 2 is 2.45 bits per heavy atom. The van der Waals surface area contributed by atoms with Crippen molar-refractivity contribution in [3.63, 3.8) is 0 Å². The number of hydrogen-bond donors (Lipinski definition) is 0. The maximum atomic E-state index is 10.2. The van der Waals surface area contributed by atoms with Crippen LogP contribution in [0.5, 0.6) is 0 Å². The Morgan fingerprint density at radius 3 is 3.00 bits per heavy atom. The minimum absolute atomic E-state index is 0.172. The summed E-state index contributed by atoms with van der Waals surface area (Å²) in [6.45, 7) is 0. The first-order chi connectivity index (χ1) is 5.29. The van der Waals surface area contributed by atoms with E-state index in [-0.39, 0.29) is 5.75 Å². The van der Waals surface area contributed by atoms with Crippen molar-refractivity contribution in [2.24, 2.45) is 0 Å². The molecule has 0 aliphatic heterocycles. The molecule has 1 atom stereocenters. The van der Waals surface area contributed by atoms with Crippen molar-refractivity contribution >= 4 is 11.1 Å². The van der Waals surface area contributed by atoms with Gasteiger partial charge in [0.25, 0.3) is 0 Å². The molecule has 0 N–H and O–H groups in total. The van der Waals surface area contributed by atoms with Crippen LogP contribution in [0, 0.1) is 0 Å². The van der Waals surface area contributed by atoms with Crippen LogP contribution in [0.4, 0.5) is 0 Å². The van der Waals surface area contributed by atoms with Crippen LogP contribution in [-0.2, 0) is 17.5 Å². The van der Waals surface area contributed by atoms with E-state index in [9.17, 15) is 8.76 Å². The van der Waals surface area contributed by atoms with E-state index < -0.39 is 11.1 Å². The number of aryl methyl sites for hydroxylation is 1. The van der Waals surface area contributed by atoms with Crippen LogP contribution in [0.3, 0.4) is 0 Å². The van der Waals surface area contributed by atoms with Crippen molar-refractivity contribution in [1.82, 2.24) is 4.98 Å². The third-order valence-corrected chi connectivity index (χ3v) is 1.82. The van der Waals surface area contributed by atoms with E-state index in [0.717, 1.165) is 5.56 Å². The van der Waals surface area contributed by atoms with Crippen LogP contribution >= 0.6 is 0 Å². The third-order valence-electron chi connectivity index (χ3n) is 1.28. The van der Waals surface area contributed by atoms with Gasteiger partial charge < -0.3 is 4.55 Å². The normalized spacial score (nSPS) is 12.8. The summed E-state index contributed by atoms with van der Waals surface area (Å²) in [5, 5.41) is 0. The maximum absolute atomic E-state index is 10.2. The number of nitrogens with zero attached hydrogens (tertiary/aromatic N) is 1. The summed E-state index contributed by atoms with van der Waals surface area (Å²) in [5.74, 6) is 0.172. The van der Waals surface area contributed by atoms with Gasteiger partial charge in [0.2, 0.25) is 0 Å². The van der Waals surface area contributed by atoms with Gasteiger partial charge in [-0.3, -0.25) is 9.19 Å². The SMILES string of the molecule is O=S([O-])CCc1cccnc1. The number of hydrogen-bond acceptors (Lipinski definition) is 3. The molecule has 0 aliphatic carbocycles. The highest BCUT2D eigenvalue weighted by molar-refractivity contribution is 7.79. The largest absolute Gasteiger partial charge is 0.772 e. The summed E-state index contributed by atoms with van der Waals surface area (Å²) in [7, 11) is 0. The molecule has 0 spiro atoms. The predicted molar refractivity (Wildman–Crippen MR) is 41.7 cm³/mol. The Morgan fingerprint density at radius 1 is 1.64 bits per heavy atom. The van der Waals surface area contributed by atoms with Gasteiger partial charge in [-0.15, -0.1) is 0 Å². The summed E-state index contributed by atoms with van der Waals surface area (Å²) in [5.41, 5.74) is 0.955. The lowest BCUT2D eigenvalue weighted by Crippen LogP contribution is -1.99. The fourth-order valence-electron chi connectivity index (χ4n) is 0.747. The second-order valence-electron chi connectivity index (χ2n) is 2.12. The van der Waals surface area contributed by atoms with Crippen molar-refractivity contribution in [3.05, 3.63) is 30.1 Å². The average Bonchev–Trinajstić information content (AvgIpc) is 2.03. The van der Waals surface area contributed by atoms with Crippen molar-refractivity contribution in [3.8, 4) is 0 Å². The van der Waals surface area contributed by atoms with E-state index in [1.807, 2.05) is 6.07 Å². The molecule has 4 heteroatoms. The van der Waals surface area contributed by atoms with Crippen LogP contribution in [0.25, 0.3) is 0 Å². The van der Waals surface area contributed by atoms with Crippen LogP contribution in [0.15, 0.2) is 24.5 Å². The first-order valence-corrected chi connectivity index (χ1v) is 4.48. The molecule has 3 nitrogen and oxygen atoms in total. The van der Waals surface area contributed by atoms with E-state index in [4.69, 9.17) is 0 Å². The van der Waals surface area contributed by atoms with E-state index in [0.29, 0.717) is 6.42 Å². The zero-order chi connectivity index (χ0) is 8.10. The second-order valence-corrected chi connectivity index (χ2v) is 3.13. The molecule has 1 unspecified atom stereocenters. The molecular weight excluding hydrogens is 162 g/mol. The van der Waals surface area contributed by atoms with Gasteiger partial charge in [0, 0.05) is 18.1 Å². The molecule has 0 aliphatic rings. The zero-order valence-electron chi connectivity index (χ0n) is 5.90. The molecule has 60 valence electrons. The summed E-state index contributed by atoms with van der Waals surface area (Å²) in [6, 6.07) is 3.66. The second kappa shape index (κ2) is 4.20. The summed E-state index contributed by atoms with van der Waals surface area (Å²) < 4.78 is 20.3. The van der Waals surface area contributed by atoms with E-state index in [1.54, 1.807) is 18.5 Å². The highest BCUT2D eigenvalue weighted by atomic mass is 32.2. The van der Waals surface area contributed by atoms with Gasteiger partial charge in [-0.2, -0.15) is 0 Å². The van der Waals surface area contributed by atoms with Crippen LogP contribution in [0.2, 0.25) is 0 Å². The van der Waals surface area contributed by atoms with Gasteiger partial charge in [0.05, 0.1) is 0 Å². The fourth-order valence-corrected chi connectivity index (χ4v) is 1.15. The van der Waals surface area contributed by atoms with Gasteiger partial charge in [0.1, 0.15) is 0 Å². The molecule has 0 aromatic carbocycles. The predicted octanol–water partition coefficient (Wildman–Crippen LogP) is 0.503. The summed E-state index contributed by atoms with van der Waals surface area (Å²) in [4.78, 5) is 3.86. The Kier molecular flexibility index (Phi) is 3.19. The monoisotopic (exact) mass is 170 g/mol. The molecule has 11 heavy (non-hydrogen) atoms. The fraction of sp³-hybridized carbons (Fsp3) is 0.286. The van der Waals surface area contributed by atoms with E-state index in [2.05, 4.69) is 4.98 Å². The van der Waals surface area contributed by atoms with Crippen molar-refractivity contribution in [2.75, 3.05) is 5.75 Å². The molecule has 0 amide bonds. The summed E-state index contributed by atoms with van der Waals surface area (Å²) >= 11 is -1.94. The minimum atomic E-state index is -1.94. The molecule has 1 heterocycles. The summed E-state index contributed by atoms with van der Waals surface area (Å²) in [6.07, 6.45) is 3.88. The molecular formula is C7H8NO2S-. The van der Waals surface area contributed by atoms with Crippen molar-refractivity contribution in [1.29, 1.82) is 0 Å². The smallest absolute Gasteiger partial charge is 0.0300 e. The minimum Gasteiger partial charge on any atom is -0.772 e. The number of rotatable bonds is 3. The van der Waals surface area contributed by atoms with Gasteiger partial charge in [-0.25, -0.2) is 0 Å². The molecule has 0 saturated carbocycles. The van der Waals surface area contributed by atoms with Crippen molar-refractivity contribution < 1.29 is 8.76 Å². The molecule has 1 rings (SSSR count). The van der Waals surface area contributed by atoms with Gasteiger partial charge in [-0.1, -0.05) is 17.1 Å². The molecule has 0 fully saturated rings.